The SMILES string of the molecule is COc1cc(C(=O)NCCCc2nc3ccccc3n2CCOc2ccccc2C)cc(OC)c1OC. The Balaban J connectivity index is 1.39. The Labute approximate surface area is 217 Å². The van der Waals surface area contributed by atoms with Crippen LogP contribution in [0.25, 0.3) is 11.0 Å². The smallest absolute Gasteiger partial charge is 0.251 e. The third kappa shape index (κ3) is 5.97. The lowest BCUT2D eigenvalue weighted by molar-refractivity contribution is 0.0952. The van der Waals surface area contributed by atoms with Gasteiger partial charge in [-0.15, -0.1) is 0 Å². The second-order valence-electron chi connectivity index (χ2n) is 8.56. The average Bonchev–Trinajstić information content (AvgIpc) is 3.28. The topological polar surface area (TPSA) is 83.8 Å². The summed E-state index contributed by atoms with van der Waals surface area (Å²) in [7, 11) is 4.58. The number of carbonyl (C=O) groups excluding carboxylic acids is 1. The molecule has 0 radical (unpaired) electrons. The Hall–Kier alpha value is -4.20. The van der Waals surface area contributed by atoms with E-state index in [0.717, 1.165) is 34.6 Å². The molecule has 0 bridgehead atoms. The van der Waals surface area contributed by atoms with Gasteiger partial charge in [0.25, 0.3) is 5.91 Å². The summed E-state index contributed by atoms with van der Waals surface area (Å²) >= 11 is 0. The molecular formula is C29H33N3O5. The number of carbonyl (C=O) groups is 1. The highest BCUT2D eigenvalue weighted by Crippen LogP contribution is 2.38. The first-order valence-corrected chi connectivity index (χ1v) is 12.3. The molecule has 0 saturated carbocycles. The van der Waals surface area contributed by atoms with E-state index in [9.17, 15) is 4.79 Å². The molecule has 8 heteroatoms. The van der Waals surface area contributed by atoms with Gasteiger partial charge in [0, 0.05) is 18.5 Å². The van der Waals surface area contributed by atoms with E-state index in [1.807, 2.05) is 49.4 Å². The van der Waals surface area contributed by atoms with Crippen molar-refractivity contribution < 1.29 is 23.7 Å². The predicted molar refractivity (Wildman–Crippen MR) is 143 cm³/mol. The third-order valence-electron chi connectivity index (χ3n) is 6.19. The second-order valence-corrected chi connectivity index (χ2v) is 8.56. The molecule has 1 aromatic heterocycles. The molecule has 0 atom stereocenters. The van der Waals surface area contributed by atoms with Crippen molar-refractivity contribution in [2.75, 3.05) is 34.5 Å². The number of para-hydroxylation sites is 3. The van der Waals surface area contributed by atoms with Gasteiger partial charge in [-0.2, -0.15) is 0 Å². The minimum absolute atomic E-state index is 0.209. The number of amides is 1. The third-order valence-corrected chi connectivity index (χ3v) is 6.19. The normalized spacial score (nSPS) is 10.8. The molecule has 0 aliphatic carbocycles. The van der Waals surface area contributed by atoms with Crippen LogP contribution in [0.1, 0.15) is 28.2 Å². The Morgan fingerprint density at radius 1 is 0.919 bits per heavy atom. The number of hydrogen-bond acceptors (Lipinski definition) is 6. The van der Waals surface area contributed by atoms with Crippen molar-refractivity contribution in [2.24, 2.45) is 0 Å². The minimum Gasteiger partial charge on any atom is -0.493 e. The number of aryl methyl sites for hydroxylation is 2. The van der Waals surface area contributed by atoms with E-state index in [2.05, 4.69) is 16.0 Å². The number of fused-ring (bicyclic) bond motifs is 1. The van der Waals surface area contributed by atoms with Crippen molar-refractivity contribution in [3.05, 3.63) is 77.6 Å². The monoisotopic (exact) mass is 503 g/mol. The number of aromatic nitrogens is 2. The number of rotatable bonds is 12. The zero-order valence-corrected chi connectivity index (χ0v) is 21.7. The highest BCUT2D eigenvalue weighted by atomic mass is 16.5. The minimum atomic E-state index is -0.209. The summed E-state index contributed by atoms with van der Waals surface area (Å²) < 4.78 is 24.3. The summed E-state index contributed by atoms with van der Waals surface area (Å²) in [6.45, 7) is 3.76. The van der Waals surface area contributed by atoms with Crippen LogP contribution in [0, 0.1) is 6.92 Å². The molecule has 0 unspecified atom stereocenters. The van der Waals surface area contributed by atoms with Crippen LogP contribution in [0.15, 0.2) is 60.7 Å². The zero-order valence-electron chi connectivity index (χ0n) is 21.7. The molecule has 8 nitrogen and oxygen atoms in total. The molecule has 0 aliphatic heterocycles. The Morgan fingerprint density at radius 3 is 2.32 bits per heavy atom. The van der Waals surface area contributed by atoms with Crippen LogP contribution in [0.2, 0.25) is 0 Å². The number of nitrogens with one attached hydrogen (secondary N) is 1. The highest BCUT2D eigenvalue weighted by Gasteiger charge is 2.17. The van der Waals surface area contributed by atoms with Crippen LogP contribution >= 0.6 is 0 Å². The molecule has 1 amide bonds. The molecule has 1 N–H and O–H groups in total. The number of ether oxygens (including phenoxy) is 4. The number of nitrogens with zero attached hydrogens (tertiary/aromatic N) is 2. The fraction of sp³-hybridized carbons (Fsp3) is 0.310. The van der Waals surface area contributed by atoms with Crippen LogP contribution in [0.3, 0.4) is 0 Å². The van der Waals surface area contributed by atoms with Gasteiger partial charge in [0.05, 0.1) is 38.9 Å². The molecule has 0 fully saturated rings. The Kier molecular flexibility index (Phi) is 8.51. The van der Waals surface area contributed by atoms with Crippen LogP contribution in [-0.2, 0) is 13.0 Å². The molecule has 0 aliphatic rings. The van der Waals surface area contributed by atoms with Crippen molar-refractivity contribution in [2.45, 2.75) is 26.3 Å². The van der Waals surface area contributed by atoms with E-state index < -0.39 is 0 Å². The van der Waals surface area contributed by atoms with Gasteiger partial charge in [-0.1, -0.05) is 30.3 Å². The van der Waals surface area contributed by atoms with E-state index in [-0.39, 0.29) is 5.91 Å². The van der Waals surface area contributed by atoms with Crippen molar-refractivity contribution in [3.8, 4) is 23.0 Å². The second kappa shape index (κ2) is 12.2. The maximum atomic E-state index is 12.8. The first-order chi connectivity index (χ1) is 18.0. The first-order valence-electron chi connectivity index (χ1n) is 12.3. The van der Waals surface area contributed by atoms with Gasteiger partial charge >= 0.3 is 0 Å². The largest absolute Gasteiger partial charge is 0.493 e. The molecule has 0 saturated heterocycles. The number of methoxy groups -OCH3 is 3. The zero-order chi connectivity index (χ0) is 26.2. The predicted octanol–water partition coefficient (Wildman–Crippen LogP) is 4.81. The van der Waals surface area contributed by atoms with Gasteiger partial charge in [-0.05, 0) is 49.2 Å². The van der Waals surface area contributed by atoms with Crippen molar-refractivity contribution >= 4 is 16.9 Å². The van der Waals surface area contributed by atoms with Crippen molar-refractivity contribution in [1.29, 1.82) is 0 Å². The molecule has 194 valence electrons. The van der Waals surface area contributed by atoms with Crippen molar-refractivity contribution in [1.82, 2.24) is 14.9 Å². The number of imidazole rings is 1. The van der Waals surface area contributed by atoms with Crippen LogP contribution in [-0.4, -0.2) is 49.9 Å². The molecule has 4 rings (SSSR count). The quantitative estimate of drug-likeness (QED) is 0.279. The molecule has 0 spiro atoms. The molecule has 3 aromatic carbocycles. The summed E-state index contributed by atoms with van der Waals surface area (Å²) in [6.07, 6.45) is 1.45. The maximum Gasteiger partial charge on any atom is 0.251 e. The number of benzene rings is 3. The van der Waals surface area contributed by atoms with Gasteiger partial charge in [0.2, 0.25) is 5.75 Å². The van der Waals surface area contributed by atoms with E-state index in [4.69, 9.17) is 23.9 Å². The van der Waals surface area contributed by atoms with Gasteiger partial charge in [-0.25, -0.2) is 4.98 Å². The van der Waals surface area contributed by atoms with Gasteiger partial charge in [0.15, 0.2) is 11.5 Å². The molecule has 4 aromatic rings. The average molecular weight is 504 g/mol. The number of hydrogen-bond donors (Lipinski definition) is 1. The summed E-state index contributed by atoms with van der Waals surface area (Å²) in [5, 5.41) is 2.98. The maximum absolute atomic E-state index is 12.8. The van der Waals surface area contributed by atoms with Crippen LogP contribution in [0.5, 0.6) is 23.0 Å². The van der Waals surface area contributed by atoms with Gasteiger partial charge < -0.3 is 28.8 Å². The standard InChI is InChI=1S/C29H33N3O5/c1-20-10-5-8-13-24(20)37-17-16-32-23-12-7-6-11-22(23)31-27(32)14-9-15-30-29(33)21-18-25(34-2)28(36-4)26(19-21)35-3/h5-8,10-13,18-19H,9,14-17H2,1-4H3,(H,30,33). The summed E-state index contributed by atoms with van der Waals surface area (Å²) in [5.41, 5.74) is 3.58. The lowest BCUT2D eigenvalue weighted by atomic mass is 10.1. The van der Waals surface area contributed by atoms with Gasteiger partial charge in [-0.3, -0.25) is 4.79 Å². The van der Waals surface area contributed by atoms with Crippen molar-refractivity contribution in [3.63, 3.8) is 0 Å². The Morgan fingerprint density at radius 2 is 1.62 bits per heavy atom. The molecule has 1 heterocycles. The summed E-state index contributed by atoms with van der Waals surface area (Å²) in [5.74, 6) is 2.98. The van der Waals surface area contributed by atoms with E-state index >= 15 is 0 Å². The highest BCUT2D eigenvalue weighted by molar-refractivity contribution is 5.95. The van der Waals surface area contributed by atoms with E-state index in [1.54, 1.807) is 12.1 Å². The van der Waals surface area contributed by atoms with Gasteiger partial charge in [0.1, 0.15) is 18.2 Å². The lowest BCUT2D eigenvalue weighted by Crippen LogP contribution is -2.25. The van der Waals surface area contributed by atoms with E-state index in [0.29, 0.717) is 48.9 Å². The first kappa shape index (κ1) is 25.9. The Bertz CT molecular complexity index is 1340. The fourth-order valence-corrected chi connectivity index (χ4v) is 4.29. The lowest BCUT2D eigenvalue weighted by Gasteiger charge is -2.14. The van der Waals surface area contributed by atoms with Crippen LogP contribution < -0.4 is 24.3 Å². The molecular weight excluding hydrogens is 470 g/mol. The van der Waals surface area contributed by atoms with E-state index in [1.165, 1.54) is 21.3 Å². The summed E-state index contributed by atoms with van der Waals surface area (Å²) in [4.78, 5) is 17.6. The molecule has 37 heavy (non-hydrogen) atoms. The van der Waals surface area contributed by atoms with Crippen LogP contribution in [0.4, 0.5) is 0 Å². The summed E-state index contributed by atoms with van der Waals surface area (Å²) in [6, 6.07) is 19.4. The fourth-order valence-electron chi connectivity index (χ4n) is 4.29.